The van der Waals surface area contributed by atoms with Crippen molar-refractivity contribution in [2.45, 2.75) is 6.92 Å². The van der Waals surface area contributed by atoms with Crippen LogP contribution in [0.3, 0.4) is 0 Å². The molecule has 26 heavy (non-hydrogen) atoms. The molecular weight excluding hydrogens is 326 g/mol. The summed E-state index contributed by atoms with van der Waals surface area (Å²) in [6.45, 7) is 2.32. The smallest absolute Gasteiger partial charge is 0.414 e. The van der Waals surface area contributed by atoms with Gasteiger partial charge < -0.3 is 4.74 Å². The second kappa shape index (κ2) is 6.84. The Kier molecular flexibility index (Phi) is 4.23. The number of hydrogen-bond acceptors (Lipinski definition) is 3. The largest absolute Gasteiger partial charge is 0.417 e. The summed E-state index contributed by atoms with van der Waals surface area (Å²) in [6.07, 6.45) is 1.70. The molecule has 0 unspecified atom stereocenters. The summed E-state index contributed by atoms with van der Waals surface area (Å²) in [4.78, 5) is 18.4. The summed E-state index contributed by atoms with van der Waals surface area (Å²) in [5, 5.41) is 3.86. The Hall–Kier alpha value is -3.40. The molecule has 0 saturated heterocycles. The van der Waals surface area contributed by atoms with Crippen LogP contribution < -0.4 is 14.3 Å². The summed E-state index contributed by atoms with van der Waals surface area (Å²) in [5.74, 6) is 0.108. The number of rotatable bonds is 4. The minimum atomic E-state index is -0.458. The SMILES string of the molecule is CCO[n+]1ccccc1C(=O)Oc1c2ccccc2cc2ccccc12. The fourth-order valence-corrected chi connectivity index (χ4v) is 3.06. The molecule has 4 heteroatoms. The Morgan fingerprint density at radius 1 is 0.885 bits per heavy atom. The van der Waals surface area contributed by atoms with Crippen molar-refractivity contribution in [2.24, 2.45) is 0 Å². The van der Waals surface area contributed by atoms with Crippen LogP contribution >= 0.6 is 0 Å². The van der Waals surface area contributed by atoms with Crippen LogP contribution in [0.5, 0.6) is 5.75 Å². The first-order chi connectivity index (χ1) is 12.8. The number of ether oxygens (including phenoxy) is 1. The van der Waals surface area contributed by atoms with E-state index in [1.807, 2.05) is 55.5 Å². The second-order valence-corrected chi connectivity index (χ2v) is 5.87. The van der Waals surface area contributed by atoms with Crippen LogP contribution in [0, 0.1) is 0 Å². The van der Waals surface area contributed by atoms with Crippen LogP contribution in [0.2, 0.25) is 0 Å². The Morgan fingerprint density at radius 2 is 1.50 bits per heavy atom. The van der Waals surface area contributed by atoms with Gasteiger partial charge in [0.15, 0.2) is 6.61 Å². The first kappa shape index (κ1) is 16.1. The van der Waals surface area contributed by atoms with E-state index in [-0.39, 0.29) is 0 Å². The first-order valence-electron chi connectivity index (χ1n) is 8.54. The monoisotopic (exact) mass is 344 g/mol. The maximum atomic E-state index is 12.9. The van der Waals surface area contributed by atoms with Gasteiger partial charge in [-0.25, -0.2) is 4.79 Å². The summed E-state index contributed by atoms with van der Waals surface area (Å²) in [7, 11) is 0. The van der Waals surface area contributed by atoms with Crippen molar-refractivity contribution in [1.29, 1.82) is 0 Å². The van der Waals surface area contributed by atoms with Crippen LogP contribution in [-0.4, -0.2) is 12.6 Å². The molecule has 0 bridgehead atoms. The lowest BCUT2D eigenvalue weighted by Crippen LogP contribution is -2.48. The van der Waals surface area contributed by atoms with Crippen molar-refractivity contribution >= 4 is 27.5 Å². The van der Waals surface area contributed by atoms with Crippen LogP contribution in [0.1, 0.15) is 17.4 Å². The van der Waals surface area contributed by atoms with Gasteiger partial charge in [0.05, 0.1) is 0 Å². The molecular formula is C22H18NO3+. The number of benzene rings is 3. The Bertz CT molecular complexity index is 1050. The molecule has 0 fully saturated rings. The van der Waals surface area contributed by atoms with Gasteiger partial charge in [0.1, 0.15) is 5.75 Å². The summed E-state index contributed by atoms with van der Waals surface area (Å²) in [6, 6.07) is 23.2. The van der Waals surface area contributed by atoms with Crippen molar-refractivity contribution in [3.8, 4) is 5.75 Å². The molecule has 0 radical (unpaired) electrons. The molecule has 4 aromatic rings. The predicted octanol–water partition coefficient (Wildman–Crippen LogP) is 3.95. The Balaban J connectivity index is 1.85. The lowest BCUT2D eigenvalue weighted by molar-refractivity contribution is -0.892. The van der Waals surface area contributed by atoms with Gasteiger partial charge in [0, 0.05) is 27.6 Å². The molecule has 0 amide bonds. The van der Waals surface area contributed by atoms with Crippen LogP contribution in [0.25, 0.3) is 21.5 Å². The van der Waals surface area contributed by atoms with E-state index in [1.54, 1.807) is 24.4 Å². The second-order valence-electron chi connectivity index (χ2n) is 5.87. The predicted molar refractivity (Wildman–Crippen MR) is 100 cm³/mol. The molecule has 3 aromatic carbocycles. The van der Waals surface area contributed by atoms with E-state index < -0.39 is 5.97 Å². The molecule has 1 heterocycles. The van der Waals surface area contributed by atoms with E-state index in [0.29, 0.717) is 18.1 Å². The highest BCUT2D eigenvalue weighted by atomic mass is 16.7. The normalized spacial score (nSPS) is 10.8. The number of hydrogen-bond donors (Lipinski definition) is 0. The molecule has 0 atom stereocenters. The molecule has 4 rings (SSSR count). The number of pyridine rings is 1. The van der Waals surface area contributed by atoms with E-state index >= 15 is 0 Å². The Labute approximate surface area is 151 Å². The van der Waals surface area contributed by atoms with Gasteiger partial charge in [-0.2, -0.15) is 0 Å². The maximum absolute atomic E-state index is 12.9. The third kappa shape index (κ3) is 2.86. The van der Waals surface area contributed by atoms with Gasteiger partial charge in [0.25, 0.3) is 0 Å². The van der Waals surface area contributed by atoms with Crippen LogP contribution in [-0.2, 0) is 0 Å². The molecule has 0 spiro atoms. The standard InChI is InChI=1S/C22H18NO3/c1-2-25-23-14-8-7-13-20(23)22(24)26-21-18-11-5-3-9-16(18)15-17-10-4-6-12-19(17)21/h3-15H,2H2,1H3/q+1. The molecule has 0 saturated carbocycles. The van der Waals surface area contributed by atoms with Crippen molar-refractivity contribution in [3.63, 3.8) is 0 Å². The number of nitrogens with zero attached hydrogens (tertiary/aromatic N) is 1. The fourth-order valence-electron chi connectivity index (χ4n) is 3.06. The zero-order valence-electron chi connectivity index (χ0n) is 14.4. The zero-order valence-corrected chi connectivity index (χ0v) is 14.4. The minimum Gasteiger partial charge on any atom is -0.417 e. The third-order valence-electron chi connectivity index (χ3n) is 4.22. The number of esters is 1. The van der Waals surface area contributed by atoms with Crippen molar-refractivity contribution in [3.05, 3.63) is 84.7 Å². The van der Waals surface area contributed by atoms with Gasteiger partial charge in [-0.05, 0) is 29.8 Å². The molecule has 0 aliphatic heterocycles. The van der Waals surface area contributed by atoms with E-state index in [2.05, 4.69) is 6.07 Å². The lowest BCUT2D eigenvalue weighted by atomic mass is 10.0. The van der Waals surface area contributed by atoms with E-state index in [1.165, 1.54) is 4.73 Å². The van der Waals surface area contributed by atoms with Gasteiger partial charge in [-0.15, -0.1) is 0 Å². The minimum absolute atomic E-state index is 0.339. The molecule has 0 N–H and O–H groups in total. The molecule has 0 aliphatic rings. The molecule has 128 valence electrons. The van der Waals surface area contributed by atoms with E-state index in [9.17, 15) is 4.79 Å². The quantitative estimate of drug-likeness (QED) is 0.244. The third-order valence-corrected chi connectivity index (χ3v) is 4.22. The average Bonchev–Trinajstić information content (AvgIpc) is 2.68. The molecule has 4 nitrogen and oxygen atoms in total. The maximum Gasteiger partial charge on any atom is 0.414 e. The highest BCUT2D eigenvalue weighted by Crippen LogP contribution is 2.35. The average molecular weight is 344 g/mol. The molecule has 0 aliphatic carbocycles. The van der Waals surface area contributed by atoms with Gasteiger partial charge in [-0.1, -0.05) is 48.5 Å². The number of fused-ring (bicyclic) bond motifs is 2. The summed E-state index contributed by atoms with van der Waals surface area (Å²) in [5.41, 5.74) is 0.339. The lowest BCUT2D eigenvalue weighted by Gasteiger charge is -2.11. The van der Waals surface area contributed by atoms with Crippen LogP contribution in [0.15, 0.2) is 79.0 Å². The number of aromatic nitrogens is 1. The van der Waals surface area contributed by atoms with Crippen LogP contribution in [0.4, 0.5) is 0 Å². The highest BCUT2D eigenvalue weighted by molar-refractivity contribution is 6.07. The van der Waals surface area contributed by atoms with Crippen molar-refractivity contribution in [2.75, 3.05) is 6.61 Å². The van der Waals surface area contributed by atoms with E-state index in [4.69, 9.17) is 9.57 Å². The molecule has 1 aromatic heterocycles. The summed E-state index contributed by atoms with van der Waals surface area (Å²) >= 11 is 0. The number of carbonyl (C=O) groups is 1. The summed E-state index contributed by atoms with van der Waals surface area (Å²) < 4.78 is 7.31. The van der Waals surface area contributed by atoms with Gasteiger partial charge >= 0.3 is 11.7 Å². The fraction of sp³-hybridized carbons (Fsp3) is 0.0909. The van der Waals surface area contributed by atoms with Crippen molar-refractivity contribution in [1.82, 2.24) is 0 Å². The van der Waals surface area contributed by atoms with E-state index in [0.717, 1.165) is 21.5 Å². The van der Waals surface area contributed by atoms with Gasteiger partial charge in [0.2, 0.25) is 6.20 Å². The van der Waals surface area contributed by atoms with Gasteiger partial charge in [-0.3, -0.25) is 4.84 Å². The Morgan fingerprint density at radius 3 is 2.15 bits per heavy atom. The first-order valence-corrected chi connectivity index (χ1v) is 8.54. The topological polar surface area (TPSA) is 39.4 Å². The van der Waals surface area contributed by atoms with Crippen molar-refractivity contribution < 1.29 is 19.1 Å². The number of carbonyl (C=O) groups excluding carboxylic acids is 1. The zero-order chi connectivity index (χ0) is 17.9. The highest BCUT2D eigenvalue weighted by Gasteiger charge is 2.24.